The Morgan fingerprint density at radius 1 is 1.50 bits per heavy atom. The molecule has 1 atom stereocenters. The number of benzene rings is 1. The average Bonchev–Trinajstić information content (AvgIpc) is 2.74. The van der Waals surface area contributed by atoms with Crippen molar-refractivity contribution in [3.05, 3.63) is 35.0 Å². The molecule has 2 aromatic rings. The maximum absolute atomic E-state index is 11.4. The highest BCUT2D eigenvalue weighted by atomic mass is 35.5. The van der Waals surface area contributed by atoms with E-state index < -0.39 is 12.1 Å². The number of carbonyl (C=O) groups excluding carboxylic acids is 1. The Hall–Kier alpha value is -1.52. The van der Waals surface area contributed by atoms with Gasteiger partial charge in [0.1, 0.15) is 0 Å². The van der Waals surface area contributed by atoms with Crippen LogP contribution in [0.15, 0.2) is 24.3 Å². The van der Waals surface area contributed by atoms with Gasteiger partial charge in [0, 0.05) is 22.5 Å². The monoisotopic (exact) mass is 267 g/mol. The fourth-order valence-electron chi connectivity index (χ4n) is 2.06. The lowest BCUT2D eigenvalue weighted by Gasteiger charge is -2.12. The summed E-state index contributed by atoms with van der Waals surface area (Å²) < 4.78 is 6.41. The molecule has 0 bridgehead atoms. The molecule has 96 valence electrons. The molecule has 0 aliphatic carbocycles. The van der Waals surface area contributed by atoms with Crippen molar-refractivity contribution in [1.29, 1.82) is 0 Å². The summed E-state index contributed by atoms with van der Waals surface area (Å²) in [5.41, 5.74) is 1.41. The van der Waals surface area contributed by atoms with Crippen LogP contribution < -0.4 is 0 Å². The molecule has 4 nitrogen and oxygen atoms in total. The fraction of sp³-hybridized carbons (Fsp3) is 0.308. The molecule has 18 heavy (non-hydrogen) atoms. The van der Waals surface area contributed by atoms with Gasteiger partial charge < -0.3 is 14.4 Å². The zero-order valence-corrected chi connectivity index (χ0v) is 10.9. The van der Waals surface area contributed by atoms with Crippen molar-refractivity contribution in [3.8, 4) is 0 Å². The molecule has 0 amide bonds. The number of fused-ring (bicyclic) bond motifs is 1. The number of methoxy groups -OCH3 is 1. The van der Waals surface area contributed by atoms with E-state index in [1.54, 1.807) is 12.1 Å². The number of aliphatic hydroxyl groups excluding tert-OH is 1. The second kappa shape index (κ2) is 5.00. The van der Waals surface area contributed by atoms with E-state index in [9.17, 15) is 9.90 Å². The maximum Gasteiger partial charge on any atom is 0.340 e. The summed E-state index contributed by atoms with van der Waals surface area (Å²) in [4.78, 5) is 11.4. The highest BCUT2D eigenvalue weighted by Crippen LogP contribution is 2.27. The van der Waals surface area contributed by atoms with Crippen LogP contribution in [0.4, 0.5) is 0 Å². The van der Waals surface area contributed by atoms with Gasteiger partial charge in [0.05, 0.1) is 12.8 Å². The van der Waals surface area contributed by atoms with Gasteiger partial charge >= 0.3 is 5.97 Å². The number of hydrogen-bond acceptors (Lipinski definition) is 3. The van der Waals surface area contributed by atoms with E-state index in [0.717, 1.165) is 10.9 Å². The smallest absolute Gasteiger partial charge is 0.340 e. The summed E-state index contributed by atoms with van der Waals surface area (Å²) in [7, 11) is 1.25. The van der Waals surface area contributed by atoms with Gasteiger partial charge in [0.15, 0.2) is 6.10 Å². The molecule has 0 saturated heterocycles. The molecular formula is C13H14ClNO3. The van der Waals surface area contributed by atoms with Crippen LogP contribution in [0.1, 0.15) is 18.7 Å². The number of carbonyl (C=O) groups is 1. The number of aryl methyl sites for hydroxylation is 1. The van der Waals surface area contributed by atoms with Gasteiger partial charge in [0.25, 0.3) is 0 Å². The van der Waals surface area contributed by atoms with E-state index in [0.29, 0.717) is 17.3 Å². The number of aromatic nitrogens is 1. The van der Waals surface area contributed by atoms with E-state index in [-0.39, 0.29) is 0 Å². The Balaban J connectivity index is 2.60. The van der Waals surface area contributed by atoms with Crippen LogP contribution in [-0.2, 0) is 16.1 Å². The number of aliphatic hydroxyl groups is 1. The van der Waals surface area contributed by atoms with E-state index in [1.165, 1.54) is 7.11 Å². The second-order valence-electron chi connectivity index (χ2n) is 3.94. The van der Waals surface area contributed by atoms with Gasteiger partial charge in [-0.05, 0) is 25.1 Å². The maximum atomic E-state index is 11.4. The molecule has 1 unspecified atom stereocenters. The van der Waals surface area contributed by atoms with Crippen LogP contribution in [0.5, 0.6) is 0 Å². The summed E-state index contributed by atoms with van der Waals surface area (Å²) in [6, 6.07) is 7.22. The van der Waals surface area contributed by atoms with Crippen molar-refractivity contribution < 1.29 is 14.6 Å². The zero-order chi connectivity index (χ0) is 13.3. The van der Waals surface area contributed by atoms with Crippen LogP contribution in [0.3, 0.4) is 0 Å². The highest BCUT2D eigenvalue weighted by molar-refractivity contribution is 6.31. The predicted octanol–water partition coefficient (Wildman–Crippen LogP) is 2.52. The van der Waals surface area contributed by atoms with E-state index in [1.807, 2.05) is 23.6 Å². The molecule has 0 fully saturated rings. The Morgan fingerprint density at radius 3 is 2.83 bits per heavy atom. The van der Waals surface area contributed by atoms with Gasteiger partial charge in [-0.1, -0.05) is 17.7 Å². The molecule has 1 heterocycles. The van der Waals surface area contributed by atoms with Gasteiger partial charge in [-0.3, -0.25) is 0 Å². The standard InChI is InChI=1S/C13H14ClNO3/c1-3-15-10-7-9(14)5-4-8(10)6-11(15)12(16)13(17)18-2/h4-7,12,16H,3H2,1-2H3. The van der Waals surface area contributed by atoms with E-state index in [2.05, 4.69) is 4.74 Å². The zero-order valence-electron chi connectivity index (χ0n) is 10.2. The number of nitrogens with zero attached hydrogens (tertiary/aromatic N) is 1. The quantitative estimate of drug-likeness (QED) is 0.870. The number of halogens is 1. The van der Waals surface area contributed by atoms with Gasteiger partial charge in [-0.2, -0.15) is 0 Å². The molecule has 1 aromatic heterocycles. The third-order valence-corrected chi connectivity index (χ3v) is 3.15. The van der Waals surface area contributed by atoms with Crippen molar-refractivity contribution in [2.24, 2.45) is 0 Å². The summed E-state index contributed by atoms with van der Waals surface area (Å²) in [6.07, 6.45) is -1.28. The highest BCUT2D eigenvalue weighted by Gasteiger charge is 2.22. The van der Waals surface area contributed by atoms with Crippen molar-refractivity contribution in [2.75, 3.05) is 7.11 Å². The molecule has 0 saturated carbocycles. The first-order valence-corrected chi connectivity index (χ1v) is 6.00. The lowest BCUT2D eigenvalue weighted by Crippen LogP contribution is -2.17. The first-order valence-electron chi connectivity index (χ1n) is 5.63. The van der Waals surface area contributed by atoms with Gasteiger partial charge in [0.2, 0.25) is 0 Å². The van der Waals surface area contributed by atoms with Crippen molar-refractivity contribution in [2.45, 2.75) is 19.6 Å². The van der Waals surface area contributed by atoms with Crippen LogP contribution in [0, 0.1) is 0 Å². The topological polar surface area (TPSA) is 51.5 Å². The Kier molecular flexibility index (Phi) is 3.59. The van der Waals surface area contributed by atoms with Crippen LogP contribution in [-0.4, -0.2) is 22.8 Å². The third-order valence-electron chi connectivity index (χ3n) is 2.92. The second-order valence-corrected chi connectivity index (χ2v) is 4.38. The molecule has 2 rings (SSSR count). The third kappa shape index (κ3) is 2.09. The summed E-state index contributed by atoms with van der Waals surface area (Å²) in [6.45, 7) is 2.57. The lowest BCUT2D eigenvalue weighted by atomic mass is 10.2. The minimum atomic E-state index is -1.28. The van der Waals surface area contributed by atoms with Gasteiger partial charge in [-0.15, -0.1) is 0 Å². The van der Waals surface area contributed by atoms with Crippen molar-refractivity contribution in [1.82, 2.24) is 4.57 Å². The normalized spacial score (nSPS) is 12.7. The lowest BCUT2D eigenvalue weighted by molar-refractivity contribution is -0.151. The minimum Gasteiger partial charge on any atom is -0.467 e. The average molecular weight is 268 g/mol. The predicted molar refractivity (Wildman–Crippen MR) is 69.6 cm³/mol. The SMILES string of the molecule is CCn1c(C(O)C(=O)OC)cc2ccc(Cl)cc21. The number of ether oxygens (including phenoxy) is 1. The van der Waals surface area contributed by atoms with E-state index >= 15 is 0 Å². The van der Waals surface area contributed by atoms with Crippen LogP contribution in [0.2, 0.25) is 5.02 Å². The molecule has 0 radical (unpaired) electrons. The molecule has 1 aromatic carbocycles. The number of esters is 1. The minimum absolute atomic E-state index is 0.515. The molecule has 5 heteroatoms. The van der Waals surface area contributed by atoms with Crippen molar-refractivity contribution in [3.63, 3.8) is 0 Å². The number of rotatable bonds is 3. The largest absolute Gasteiger partial charge is 0.467 e. The Labute approximate surface area is 110 Å². The molecule has 1 N–H and O–H groups in total. The molecule has 0 aliphatic rings. The summed E-state index contributed by atoms with van der Waals surface area (Å²) in [5.74, 6) is -0.668. The fourth-order valence-corrected chi connectivity index (χ4v) is 2.23. The molecule has 0 aliphatic heterocycles. The summed E-state index contributed by atoms with van der Waals surface area (Å²) in [5, 5.41) is 11.5. The van der Waals surface area contributed by atoms with Crippen LogP contribution >= 0.6 is 11.6 Å². The Morgan fingerprint density at radius 2 is 2.22 bits per heavy atom. The Bertz CT molecular complexity index is 591. The first kappa shape index (κ1) is 12.9. The molecule has 0 spiro atoms. The molecular weight excluding hydrogens is 254 g/mol. The first-order chi connectivity index (χ1) is 8.58. The number of hydrogen-bond donors (Lipinski definition) is 1. The van der Waals surface area contributed by atoms with E-state index in [4.69, 9.17) is 11.6 Å². The van der Waals surface area contributed by atoms with Crippen LogP contribution in [0.25, 0.3) is 10.9 Å². The van der Waals surface area contributed by atoms with Gasteiger partial charge in [-0.25, -0.2) is 4.79 Å². The summed E-state index contributed by atoms with van der Waals surface area (Å²) >= 11 is 5.96. The van der Waals surface area contributed by atoms with Crippen molar-refractivity contribution >= 4 is 28.5 Å².